The number of halogens is 3. The summed E-state index contributed by atoms with van der Waals surface area (Å²) in [6.07, 6.45) is -4.08. The third kappa shape index (κ3) is 4.22. The second-order valence-electron chi connectivity index (χ2n) is 8.13. The van der Waals surface area contributed by atoms with Crippen LogP contribution in [0.4, 0.5) is 13.2 Å². The van der Waals surface area contributed by atoms with Gasteiger partial charge in [-0.25, -0.2) is 9.48 Å². The smallest absolute Gasteiger partial charge is 0.434 e. The number of methoxy groups -OCH3 is 1. The number of amides is 1. The van der Waals surface area contributed by atoms with Gasteiger partial charge in [-0.05, 0) is 42.8 Å². The molecular formula is C26H20F3N3O5. The molecule has 0 fully saturated rings. The third-order valence-corrected chi connectivity index (χ3v) is 5.89. The SMILES string of the molecule is CCOC(=O)c1cnn(-c2ccc3c4c(cccc24)C(=O)N(Cc2ccc(OC)cc2)O3)c1C(F)(F)F. The number of nitrogens with zero attached hydrogens (tertiary/aromatic N) is 3. The highest BCUT2D eigenvalue weighted by Gasteiger charge is 2.41. The Morgan fingerprint density at radius 2 is 1.84 bits per heavy atom. The van der Waals surface area contributed by atoms with E-state index in [4.69, 9.17) is 14.3 Å². The van der Waals surface area contributed by atoms with Crippen molar-refractivity contribution >= 4 is 22.6 Å². The lowest BCUT2D eigenvalue weighted by atomic mass is 10.00. The second-order valence-corrected chi connectivity index (χ2v) is 8.13. The van der Waals surface area contributed by atoms with E-state index in [1.165, 1.54) is 24.1 Å². The van der Waals surface area contributed by atoms with Crippen LogP contribution in [0, 0.1) is 0 Å². The number of hydrogen-bond acceptors (Lipinski definition) is 6. The molecule has 0 spiro atoms. The average molecular weight is 511 g/mol. The van der Waals surface area contributed by atoms with Crippen LogP contribution in [-0.2, 0) is 17.5 Å². The van der Waals surface area contributed by atoms with Crippen molar-refractivity contribution in [2.45, 2.75) is 19.6 Å². The quantitative estimate of drug-likeness (QED) is 0.332. The lowest BCUT2D eigenvalue weighted by molar-refractivity contribution is -0.143. The standard InChI is InChI=1S/C26H20F3N3O5/c1-3-36-25(34)19-13-30-32(23(19)26(27,28)29)20-11-12-21-22-17(20)5-4-6-18(22)24(33)31(37-21)14-15-7-9-16(35-2)10-8-15/h4-13H,3,14H2,1-2H3. The molecule has 2 heterocycles. The zero-order valence-corrected chi connectivity index (χ0v) is 19.7. The number of rotatable bonds is 6. The Balaban J connectivity index is 1.58. The number of hydroxylamine groups is 2. The fraction of sp³-hybridized carbons (Fsp3) is 0.192. The molecule has 0 atom stereocenters. The monoisotopic (exact) mass is 511 g/mol. The van der Waals surface area contributed by atoms with Crippen molar-refractivity contribution in [3.63, 3.8) is 0 Å². The molecule has 0 radical (unpaired) electrons. The Labute approximate surface area is 208 Å². The summed E-state index contributed by atoms with van der Waals surface area (Å²) in [5.41, 5.74) is -0.883. The minimum Gasteiger partial charge on any atom is -0.497 e. The number of esters is 1. The first-order valence-corrected chi connectivity index (χ1v) is 11.2. The van der Waals surface area contributed by atoms with E-state index in [0.29, 0.717) is 27.0 Å². The molecule has 1 aliphatic rings. The molecule has 1 aromatic heterocycles. The van der Waals surface area contributed by atoms with Crippen LogP contribution in [0.3, 0.4) is 0 Å². The highest BCUT2D eigenvalue weighted by molar-refractivity contribution is 6.12. The van der Waals surface area contributed by atoms with Gasteiger partial charge in [0.15, 0.2) is 11.4 Å². The predicted molar refractivity (Wildman–Crippen MR) is 126 cm³/mol. The van der Waals surface area contributed by atoms with Crippen LogP contribution in [0.5, 0.6) is 11.5 Å². The highest BCUT2D eigenvalue weighted by atomic mass is 19.4. The molecule has 4 aromatic rings. The number of alkyl halides is 3. The van der Waals surface area contributed by atoms with Gasteiger partial charge in [0.2, 0.25) is 0 Å². The average Bonchev–Trinajstić information content (AvgIpc) is 3.34. The number of carbonyl (C=O) groups is 2. The molecule has 0 saturated carbocycles. The van der Waals surface area contributed by atoms with Crippen LogP contribution in [-0.4, -0.2) is 40.4 Å². The Morgan fingerprint density at radius 1 is 1.08 bits per heavy atom. The minimum absolute atomic E-state index is 0.0310. The van der Waals surface area contributed by atoms with E-state index in [9.17, 15) is 22.8 Å². The molecule has 11 heteroatoms. The summed E-state index contributed by atoms with van der Waals surface area (Å²) in [5.74, 6) is -0.611. The van der Waals surface area contributed by atoms with Crippen LogP contribution < -0.4 is 9.57 Å². The van der Waals surface area contributed by atoms with E-state index in [-0.39, 0.29) is 24.4 Å². The van der Waals surface area contributed by atoms with Crippen molar-refractivity contribution < 1.29 is 37.1 Å². The lowest BCUT2D eigenvalue weighted by Gasteiger charge is -2.29. The van der Waals surface area contributed by atoms with E-state index < -0.39 is 29.3 Å². The second kappa shape index (κ2) is 9.16. The van der Waals surface area contributed by atoms with Gasteiger partial charge in [0.05, 0.1) is 37.7 Å². The number of hydrogen-bond donors (Lipinski definition) is 0. The van der Waals surface area contributed by atoms with Crippen molar-refractivity contribution in [3.8, 4) is 17.2 Å². The van der Waals surface area contributed by atoms with Crippen molar-refractivity contribution in [2.75, 3.05) is 13.7 Å². The van der Waals surface area contributed by atoms with E-state index in [1.54, 1.807) is 49.6 Å². The van der Waals surface area contributed by atoms with Gasteiger partial charge >= 0.3 is 12.1 Å². The summed E-state index contributed by atoms with van der Waals surface area (Å²) in [7, 11) is 1.55. The maximum absolute atomic E-state index is 14.1. The maximum Gasteiger partial charge on any atom is 0.434 e. The van der Waals surface area contributed by atoms with Crippen LogP contribution in [0.2, 0.25) is 0 Å². The molecule has 0 N–H and O–H groups in total. The summed E-state index contributed by atoms with van der Waals surface area (Å²) in [6.45, 7) is 1.55. The summed E-state index contributed by atoms with van der Waals surface area (Å²) < 4.78 is 52.8. The number of ether oxygens (including phenoxy) is 2. The summed E-state index contributed by atoms with van der Waals surface area (Å²) in [5, 5.41) is 5.70. The Hall–Kier alpha value is -4.54. The number of benzene rings is 3. The van der Waals surface area contributed by atoms with E-state index in [1.807, 2.05) is 0 Å². The molecule has 8 nitrogen and oxygen atoms in total. The molecule has 1 aliphatic heterocycles. The third-order valence-electron chi connectivity index (χ3n) is 5.89. The molecule has 0 unspecified atom stereocenters. The molecule has 5 rings (SSSR count). The highest BCUT2D eigenvalue weighted by Crippen LogP contribution is 2.40. The Kier molecular flexibility index (Phi) is 5.98. The van der Waals surface area contributed by atoms with Gasteiger partial charge in [-0.1, -0.05) is 24.3 Å². The zero-order valence-electron chi connectivity index (χ0n) is 19.7. The van der Waals surface area contributed by atoms with Crippen molar-refractivity contribution in [1.82, 2.24) is 14.8 Å². The predicted octanol–water partition coefficient (Wildman–Crippen LogP) is 5.18. The Bertz CT molecular complexity index is 1510. The fourth-order valence-corrected chi connectivity index (χ4v) is 4.26. The van der Waals surface area contributed by atoms with Crippen molar-refractivity contribution in [2.24, 2.45) is 0 Å². The Morgan fingerprint density at radius 3 is 2.51 bits per heavy atom. The normalized spacial score (nSPS) is 13.0. The van der Waals surface area contributed by atoms with E-state index >= 15 is 0 Å². The van der Waals surface area contributed by atoms with Gasteiger partial charge in [0, 0.05) is 10.8 Å². The number of aromatic nitrogens is 2. The van der Waals surface area contributed by atoms with Crippen LogP contribution in [0.1, 0.15) is 38.9 Å². The molecule has 37 heavy (non-hydrogen) atoms. The largest absolute Gasteiger partial charge is 0.497 e. The number of carbonyl (C=O) groups excluding carboxylic acids is 2. The van der Waals surface area contributed by atoms with Gasteiger partial charge in [-0.3, -0.25) is 4.79 Å². The van der Waals surface area contributed by atoms with Gasteiger partial charge < -0.3 is 14.3 Å². The van der Waals surface area contributed by atoms with Gasteiger partial charge in [0.1, 0.15) is 11.3 Å². The van der Waals surface area contributed by atoms with Crippen LogP contribution in [0.15, 0.2) is 60.8 Å². The lowest BCUT2D eigenvalue weighted by Crippen LogP contribution is -2.36. The van der Waals surface area contributed by atoms with Crippen molar-refractivity contribution in [3.05, 3.63) is 83.2 Å². The van der Waals surface area contributed by atoms with Crippen LogP contribution >= 0.6 is 0 Å². The molecule has 3 aromatic carbocycles. The van der Waals surface area contributed by atoms with E-state index in [2.05, 4.69) is 5.10 Å². The molecule has 0 aliphatic carbocycles. The first-order valence-electron chi connectivity index (χ1n) is 11.2. The summed E-state index contributed by atoms with van der Waals surface area (Å²) in [6, 6.07) is 14.7. The van der Waals surface area contributed by atoms with E-state index in [0.717, 1.165) is 11.8 Å². The van der Waals surface area contributed by atoms with Gasteiger partial charge in [-0.2, -0.15) is 23.3 Å². The van der Waals surface area contributed by atoms with Crippen LogP contribution in [0.25, 0.3) is 16.5 Å². The molecular weight excluding hydrogens is 491 g/mol. The van der Waals surface area contributed by atoms with Crippen molar-refractivity contribution in [1.29, 1.82) is 0 Å². The first kappa shape index (κ1) is 24.2. The topological polar surface area (TPSA) is 82.9 Å². The maximum atomic E-state index is 14.1. The molecule has 0 saturated heterocycles. The summed E-state index contributed by atoms with van der Waals surface area (Å²) >= 11 is 0. The molecule has 0 bridgehead atoms. The zero-order chi connectivity index (χ0) is 26.3. The molecule has 190 valence electrons. The molecule has 1 amide bonds. The summed E-state index contributed by atoms with van der Waals surface area (Å²) in [4.78, 5) is 31.3. The van der Waals surface area contributed by atoms with Gasteiger partial charge in [0.25, 0.3) is 5.91 Å². The minimum atomic E-state index is -4.90. The first-order chi connectivity index (χ1) is 17.7. The van der Waals surface area contributed by atoms with Gasteiger partial charge in [-0.15, -0.1) is 0 Å². The fourth-order valence-electron chi connectivity index (χ4n) is 4.26.